The molecule has 1 N–H and O–H groups in total. The minimum atomic E-state index is -0.146. The van der Waals surface area contributed by atoms with Crippen LogP contribution in [0.5, 0.6) is 11.5 Å². The molecule has 0 aliphatic rings. The predicted molar refractivity (Wildman–Crippen MR) is 99.9 cm³/mol. The van der Waals surface area contributed by atoms with Crippen LogP contribution in [0.4, 0.5) is 0 Å². The van der Waals surface area contributed by atoms with E-state index in [2.05, 4.69) is 10.3 Å². The van der Waals surface area contributed by atoms with E-state index in [9.17, 15) is 4.79 Å². The summed E-state index contributed by atoms with van der Waals surface area (Å²) < 4.78 is 12.8. The molecular formula is C20H23N3O3. The lowest BCUT2D eigenvalue weighted by Gasteiger charge is -2.10. The number of aromatic nitrogens is 2. The Kier molecular flexibility index (Phi) is 5.41. The number of carbonyl (C=O) groups excluding carboxylic acids is 1. The SMILES string of the molecule is COc1cccn2cc(CCNC(=O)COc3cc(C)ccc3C)nc12. The first-order valence-corrected chi connectivity index (χ1v) is 8.54. The van der Waals surface area contributed by atoms with Crippen molar-refractivity contribution in [3.63, 3.8) is 0 Å². The van der Waals surface area contributed by atoms with Gasteiger partial charge in [-0.15, -0.1) is 0 Å². The fourth-order valence-electron chi connectivity index (χ4n) is 2.70. The quantitative estimate of drug-likeness (QED) is 0.709. The number of imidazole rings is 1. The van der Waals surface area contributed by atoms with Crippen LogP contribution in [0.2, 0.25) is 0 Å². The highest BCUT2D eigenvalue weighted by atomic mass is 16.5. The van der Waals surface area contributed by atoms with E-state index < -0.39 is 0 Å². The van der Waals surface area contributed by atoms with Gasteiger partial charge in [0.05, 0.1) is 12.8 Å². The van der Waals surface area contributed by atoms with Gasteiger partial charge in [0.1, 0.15) is 5.75 Å². The molecule has 2 heterocycles. The average Bonchev–Trinajstić information content (AvgIpc) is 3.05. The second-order valence-electron chi connectivity index (χ2n) is 6.20. The largest absolute Gasteiger partial charge is 0.493 e. The Morgan fingerprint density at radius 1 is 1.23 bits per heavy atom. The molecule has 1 aromatic carbocycles. The van der Waals surface area contributed by atoms with Crippen molar-refractivity contribution >= 4 is 11.6 Å². The third-order valence-corrected chi connectivity index (χ3v) is 4.12. The summed E-state index contributed by atoms with van der Waals surface area (Å²) in [6.45, 7) is 4.46. The smallest absolute Gasteiger partial charge is 0.257 e. The maximum atomic E-state index is 12.0. The third-order valence-electron chi connectivity index (χ3n) is 4.12. The molecule has 2 aromatic heterocycles. The number of ether oxygens (including phenoxy) is 2. The van der Waals surface area contributed by atoms with E-state index in [-0.39, 0.29) is 12.5 Å². The lowest BCUT2D eigenvalue weighted by atomic mass is 10.1. The van der Waals surface area contributed by atoms with E-state index in [0.29, 0.717) is 13.0 Å². The Labute approximate surface area is 152 Å². The molecule has 0 unspecified atom stereocenters. The van der Waals surface area contributed by atoms with Gasteiger partial charge >= 0.3 is 0 Å². The highest BCUT2D eigenvalue weighted by Gasteiger charge is 2.08. The Balaban J connectivity index is 1.50. The molecule has 0 aliphatic heterocycles. The second kappa shape index (κ2) is 7.91. The molecule has 0 bridgehead atoms. The highest BCUT2D eigenvalue weighted by Crippen LogP contribution is 2.19. The zero-order valence-corrected chi connectivity index (χ0v) is 15.3. The first-order valence-electron chi connectivity index (χ1n) is 8.54. The number of benzene rings is 1. The number of hydrogen-bond acceptors (Lipinski definition) is 4. The van der Waals surface area contributed by atoms with Crippen LogP contribution < -0.4 is 14.8 Å². The lowest BCUT2D eigenvalue weighted by Crippen LogP contribution is -2.30. The van der Waals surface area contributed by atoms with Crippen molar-refractivity contribution in [2.75, 3.05) is 20.3 Å². The van der Waals surface area contributed by atoms with Gasteiger partial charge < -0.3 is 19.2 Å². The van der Waals surface area contributed by atoms with E-state index in [4.69, 9.17) is 9.47 Å². The Morgan fingerprint density at radius 3 is 2.88 bits per heavy atom. The number of nitrogens with one attached hydrogen (secondary N) is 1. The molecule has 1 amide bonds. The number of amides is 1. The first kappa shape index (κ1) is 17.8. The maximum Gasteiger partial charge on any atom is 0.257 e. The molecular weight excluding hydrogens is 330 g/mol. The first-order chi connectivity index (χ1) is 12.6. The summed E-state index contributed by atoms with van der Waals surface area (Å²) in [4.78, 5) is 16.5. The minimum Gasteiger partial charge on any atom is -0.493 e. The summed E-state index contributed by atoms with van der Waals surface area (Å²) in [5.41, 5.74) is 3.79. The molecule has 26 heavy (non-hydrogen) atoms. The number of hydrogen-bond donors (Lipinski definition) is 1. The monoisotopic (exact) mass is 353 g/mol. The maximum absolute atomic E-state index is 12.0. The van der Waals surface area contributed by atoms with Crippen LogP contribution in [-0.4, -0.2) is 35.6 Å². The van der Waals surface area contributed by atoms with Crippen LogP contribution in [0.15, 0.2) is 42.7 Å². The van der Waals surface area contributed by atoms with Gasteiger partial charge in [-0.2, -0.15) is 0 Å². The van der Waals surface area contributed by atoms with Gasteiger partial charge in [0.15, 0.2) is 18.0 Å². The van der Waals surface area contributed by atoms with Gasteiger partial charge in [0.2, 0.25) is 0 Å². The molecule has 0 atom stereocenters. The van der Waals surface area contributed by atoms with Crippen LogP contribution in [-0.2, 0) is 11.2 Å². The van der Waals surface area contributed by atoms with Crippen molar-refractivity contribution in [1.82, 2.24) is 14.7 Å². The molecule has 6 nitrogen and oxygen atoms in total. The van der Waals surface area contributed by atoms with Gasteiger partial charge in [-0.1, -0.05) is 12.1 Å². The van der Waals surface area contributed by atoms with Crippen LogP contribution in [0.25, 0.3) is 5.65 Å². The van der Waals surface area contributed by atoms with Gasteiger partial charge in [-0.05, 0) is 43.2 Å². The lowest BCUT2D eigenvalue weighted by molar-refractivity contribution is -0.123. The number of methoxy groups -OCH3 is 1. The van der Waals surface area contributed by atoms with E-state index in [1.54, 1.807) is 7.11 Å². The summed E-state index contributed by atoms with van der Waals surface area (Å²) in [7, 11) is 1.62. The predicted octanol–water partition coefficient (Wildman–Crippen LogP) is 2.70. The second-order valence-corrected chi connectivity index (χ2v) is 6.20. The number of carbonyl (C=O) groups is 1. The average molecular weight is 353 g/mol. The number of nitrogens with zero attached hydrogens (tertiary/aromatic N) is 2. The molecule has 6 heteroatoms. The molecule has 3 aromatic rings. The van der Waals surface area contributed by atoms with Crippen molar-refractivity contribution in [3.05, 3.63) is 59.5 Å². The fraction of sp³-hybridized carbons (Fsp3) is 0.300. The van der Waals surface area contributed by atoms with Crippen LogP contribution in [0.1, 0.15) is 16.8 Å². The summed E-state index contributed by atoms with van der Waals surface area (Å²) in [5.74, 6) is 1.32. The normalized spacial score (nSPS) is 10.7. The minimum absolute atomic E-state index is 0.00326. The van der Waals surface area contributed by atoms with Crippen molar-refractivity contribution in [3.8, 4) is 11.5 Å². The zero-order chi connectivity index (χ0) is 18.5. The summed E-state index contributed by atoms with van der Waals surface area (Å²) in [6.07, 6.45) is 4.50. The van der Waals surface area contributed by atoms with Crippen LogP contribution >= 0.6 is 0 Å². The zero-order valence-electron chi connectivity index (χ0n) is 15.3. The van der Waals surface area contributed by atoms with Crippen molar-refractivity contribution in [2.45, 2.75) is 20.3 Å². The van der Waals surface area contributed by atoms with Gasteiger partial charge in [0.25, 0.3) is 5.91 Å². The molecule has 0 saturated heterocycles. The van der Waals surface area contributed by atoms with Crippen molar-refractivity contribution in [2.24, 2.45) is 0 Å². The summed E-state index contributed by atoms with van der Waals surface area (Å²) in [6, 6.07) is 9.72. The van der Waals surface area contributed by atoms with E-state index in [0.717, 1.165) is 34.0 Å². The highest BCUT2D eigenvalue weighted by molar-refractivity contribution is 5.77. The van der Waals surface area contributed by atoms with Crippen molar-refractivity contribution < 1.29 is 14.3 Å². The molecule has 0 saturated carbocycles. The summed E-state index contributed by atoms with van der Waals surface area (Å²) >= 11 is 0. The topological polar surface area (TPSA) is 64.9 Å². The fourth-order valence-corrected chi connectivity index (χ4v) is 2.70. The Hall–Kier alpha value is -3.02. The molecule has 0 spiro atoms. The van der Waals surface area contributed by atoms with Gasteiger partial charge in [0, 0.05) is 25.4 Å². The number of aryl methyl sites for hydroxylation is 2. The van der Waals surface area contributed by atoms with E-state index in [1.165, 1.54) is 0 Å². The van der Waals surface area contributed by atoms with Crippen LogP contribution in [0.3, 0.4) is 0 Å². The Morgan fingerprint density at radius 2 is 2.08 bits per heavy atom. The molecule has 0 radical (unpaired) electrons. The van der Waals surface area contributed by atoms with Crippen LogP contribution in [0, 0.1) is 13.8 Å². The van der Waals surface area contributed by atoms with Gasteiger partial charge in [-0.3, -0.25) is 4.79 Å². The van der Waals surface area contributed by atoms with Gasteiger partial charge in [-0.25, -0.2) is 4.98 Å². The van der Waals surface area contributed by atoms with Crippen molar-refractivity contribution in [1.29, 1.82) is 0 Å². The summed E-state index contributed by atoms with van der Waals surface area (Å²) in [5, 5.41) is 2.86. The molecule has 0 fully saturated rings. The number of pyridine rings is 1. The van der Waals surface area contributed by atoms with E-state index in [1.807, 2.05) is 61.0 Å². The molecule has 3 rings (SSSR count). The standard InChI is InChI=1S/C20H23N3O3/c1-14-6-7-15(2)18(11-14)26-13-19(24)21-9-8-16-12-23-10-4-5-17(25-3)20(23)22-16/h4-7,10-12H,8-9,13H2,1-3H3,(H,21,24). The number of rotatable bonds is 7. The Bertz CT molecular complexity index is 918. The molecule has 0 aliphatic carbocycles. The molecule has 136 valence electrons. The number of fused-ring (bicyclic) bond motifs is 1. The third kappa shape index (κ3) is 4.14. The van der Waals surface area contributed by atoms with E-state index >= 15 is 0 Å².